The van der Waals surface area contributed by atoms with E-state index in [4.69, 9.17) is 0 Å². The summed E-state index contributed by atoms with van der Waals surface area (Å²) in [5, 5.41) is 0. The minimum atomic E-state index is -0.138. The van der Waals surface area contributed by atoms with Gasteiger partial charge in [0.2, 0.25) is 0 Å². The van der Waals surface area contributed by atoms with Crippen LogP contribution in [0.1, 0.15) is 81.3 Å². The molecule has 212 valence electrons. The zero-order valence-electron chi connectivity index (χ0n) is 25.3. The van der Waals surface area contributed by atoms with E-state index in [2.05, 4.69) is 157 Å². The van der Waals surface area contributed by atoms with Crippen LogP contribution < -0.4 is 9.80 Å². The predicted molar refractivity (Wildman–Crippen MR) is 180 cm³/mol. The lowest BCUT2D eigenvalue weighted by molar-refractivity contribution is 0.389. The summed E-state index contributed by atoms with van der Waals surface area (Å²) in [5.74, 6) is 0.796. The van der Waals surface area contributed by atoms with Crippen LogP contribution in [0, 0.1) is 0 Å². The molecule has 4 atom stereocenters. The molecule has 0 aromatic heterocycles. The quantitative estimate of drug-likeness (QED) is 0.203. The van der Waals surface area contributed by atoms with E-state index < -0.39 is 0 Å². The highest BCUT2D eigenvalue weighted by Crippen LogP contribution is 2.76. The molecule has 4 aliphatic heterocycles. The Labute approximate surface area is 263 Å². The molecule has 0 radical (unpaired) electrons. The number of rotatable bonds is 2. The average Bonchev–Trinajstić information content (AvgIpc) is 3.40. The Morgan fingerprint density at radius 2 is 0.889 bits per heavy atom. The summed E-state index contributed by atoms with van der Waals surface area (Å²) in [6, 6.07) is 51.0. The monoisotopic (exact) mass is 574 g/mol. The lowest BCUT2D eigenvalue weighted by Crippen LogP contribution is -2.59. The van der Waals surface area contributed by atoms with Crippen molar-refractivity contribution in [3.8, 4) is 0 Å². The molecule has 45 heavy (non-hydrogen) atoms. The van der Waals surface area contributed by atoms with E-state index in [9.17, 15) is 0 Å². The predicted octanol–water partition coefficient (Wildman–Crippen LogP) is 9.72. The van der Waals surface area contributed by atoms with Gasteiger partial charge in [-0.25, -0.2) is 0 Å². The van der Waals surface area contributed by atoms with Gasteiger partial charge in [-0.15, -0.1) is 0 Å². The van der Waals surface area contributed by atoms with Gasteiger partial charge in [0.1, 0.15) is 11.1 Å². The fourth-order valence-electron chi connectivity index (χ4n) is 10.7. The van der Waals surface area contributed by atoms with Crippen molar-refractivity contribution in [3.05, 3.63) is 189 Å². The van der Waals surface area contributed by atoms with Gasteiger partial charge in [0.15, 0.2) is 0 Å². The van der Waals surface area contributed by atoms with Crippen molar-refractivity contribution in [1.82, 2.24) is 0 Å². The maximum Gasteiger partial charge on any atom is 0.109 e. The number of benzene rings is 6. The summed E-state index contributed by atoms with van der Waals surface area (Å²) < 4.78 is 0. The first kappa shape index (κ1) is 23.3. The van der Waals surface area contributed by atoms with Gasteiger partial charge >= 0.3 is 0 Å². The molecule has 0 saturated carbocycles. The third kappa shape index (κ3) is 2.15. The number of fused-ring (bicyclic) bond motifs is 14. The first-order valence-corrected chi connectivity index (χ1v) is 16.4. The van der Waals surface area contributed by atoms with Crippen LogP contribution in [0.15, 0.2) is 133 Å². The largest absolute Gasteiger partial charge is 0.325 e. The van der Waals surface area contributed by atoms with Gasteiger partial charge in [-0.3, -0.25) is 0 Å². The summed E-state index contributed by atoms with van der Waals surface area (Å²) >= 11 is 0. The first-order valence-electron chi connectivity index (χ1n) is 16.4. The molecule has 2 heteroatoms. The minimum Gasteiger partial charge on any atom is -0.325 e. The van der Waals surface area contributed by atoms with Gasteiger partial charge in [-0.05, 0) is 68.8 Å². The fourth-order valence-corrected chi connectivity index (χ4v) is 10.7. The molecule has 2 nitrogen and oxygen atoms in total. The molecule has 6 aliphatic rings. The van der Waals surface area contributed by atoms with Crippen LogP contribution >= 0.6 is 0 Å². The summed E-state index contributed by atoms with van der Waals surface area (Å²) in [6.45, 7) is 4.82. The van der Waals surface area contributed by atoms with Crippen molar-refractivity contribution in [3.63, 3.8) is 0 Å². The van der Waals surface area contributed by atoms with Gasteiger partial charge in [0, 0.05) is 51.1 Å². The van der Waals surface area contributed by atoms with Crippen LogP contribution in [-0.4, -0.2) is 0 Å². The number of nitrogens with zero attached hydrogens (tertiary/aromatic N) is 2. The van der Waals surface area contributed by atoms with Crippen LogP contribution in [0.25, 0.3) is 0 Å². The van der Waals surface area contributed by atoms with Crippen molar-refractivity contribution in [2.24, 2.45) is 0 Å². The minimum absolute atomic E-state index is 0.0386. The van der Waals surface area contributed by atoms with Crippen LogP contribution in [0.5, 0.6) is 0 Å². The van der Waals surface area contributed by atoms with Gasteiger partial charge in [-0.1, -0.05) is 123 Å². The number of hydrogen-bond donors (Lipinski definition) is 0. The Balaban J connectivity index is 0.990. The van der Waals surface area contributed by atoms with Gasteiger partial charge in [0.05, 0.1) is 0 Å². The number of anilines is 4. The maximum atomic E-state index is 2.66. The molecule has 0 fully saturated rings. The standard InChI is InChI=1S/C43H30N2/c1-41(2,25-19-21-32-30(23-25)40-29-13-5-8-16-35(29)44-37-18-10-7-15-33(37)43(32,40)44)26-20-22-34-38(24-26)45-36-17-9-4-12-28(36)39-27-11-3-6-14-31(27)42(34,39)45/h3-24,39-40H,1-2H3. The second-order valence-corrected chi connectivity index (χ2v) is 14.5. The molecule has 4 unspecified atom stereocenters. The van der Waals surface area contributed by atoms with Gasteiger partial charge in [-0.2, -0.15) is 0 Å². The normalized spacial score (nSPS) is 25.6. The second-order valence-electron chi connectivity index (χ2n) is 14.5. The molecule has 0 bridgehead atoms. The molecule has 2 aliphatic carbocycles. The van der Waals surface area contributed by atoms with E-state index in [1.54, 1.807) is 0 Å². The molecular formula is C43H30N2. The van der Waals surface area contributed by atoms with Crippen molar-refractivity contribution in [2.75, 3.05) is 9.80 Å². The molecule has 12 rings (SSSR count). The van der Waals surface area contributed by atoms with E-state index in [1.807, 2.05) is 0 Å². The Hall–Kier alpha value is -5.08. The summed E-state index contributed by atoms with van der Waals surface area (Å²) in [7, 11) is 0. The average molecular weight is 575 g/mol. The van der Waals surface area contributed by atoms with E-state index in [0.29, 0.717) is 11.8 Å². The molecule has 6 aromatic carbocycles. The third-order valence-electron chi connectivity index (χ3n) is 12.6. The highest BCUT2D eigenvalue weighted by molar-refractivity contribution is 5.96. The van der Waals surface area contributed by atoms with Gasteiger partial charge in [0.25, 0.3) is 0 Å². The smallest absolute Gasteiger partial charge is 0.109 e. The summed E-state index contributed by atoms with van der Waals surface area (Å²) in [4.78, 5) is 5.27. The molecule has 2 spiro atoms. The van der Waals surface area contributed by atoms with Gasteiger partial charge < -0.3 is 9.80 Å². The summed E-state index contributed by atoms with van der Waals surface area (Å²) in [6.07, 6.45) is 0. The molecule has 0 saturated heterocycles. The lowest BCUT2D eigenvalue weighted by atomic mass is 9.54. The van der Waals surface area contributed by atoms with Crippen molar-refractivity contribution in [2.45, 2.75) is 42.2 Å². The highest BCUT2D eigenvalue weighted by atomic mass is 15.3. The Morgan fingerprint density at radius 1 is 0.422 bits per heavy atom. The second kappa shape index (κ2) is 7.08. The SMILES string of the molecule is CC(C)(c1ccc2c(c1)C1c3ccccc3N3c4ccccc4C213)c1ccc2c(c1)N1c3ccccc3C3c4ccccc4C231. The molecule has 0 amide bonds. The van der Waals surface area contributed by atoms with Crippen LogP contribution in [-0.2, 0) is 16.5 Å². The van der Waals surface area contributed by atoms with Crippen LogP contribution in [0.2, 0.25) is 0 Å². The summed E-state index contributed by atoms with van der Waals surface area (Å²) in [5.41, 5.74) is 19.9. The molecular weight excluding hydrogens is 544 g/mol. The topological polar surface area (TPSA) is 6.48 Å². The third-order valence-corrected chi connectivity index (χ3v) is 12.6. The first-order chi connectivity index (χ1) is 22.1. The van der Waals surface area contributed by atoms with Crippen LogP contribution in [0.3, 0.4) is 0 Å². The zero-order valence-corrected chi connectivity index (χ0v) is 25.3. The zero-order chi connectivity index (χ0) is 29.4. The number of para-hydroxylation sites is 3. The Morgan fingerprint density at radius 3 is 1.60 bits per heavy atom. The Bertz CT molecular complexity index is 2190. The van der Waals surface area contributed by atoms with E-state index in [0.717, 1.165) is 0 Å². The fraction of sp³-hybridized carbons (Fsp3) is 0.163. The van der Waals surface area contributed by atoms with Crippen molar-refractivity contribution >= 4 is 22.7 Å². The lowest BCUT2D eigenvalue weighted by Gasteiger charge is -2.60. The van der Waals surface area contributed by atoms with E-state index >= 15 is 0 Å². The van der Waals surface area contributed by atoms with Crippen LogP contribution in [0.4, 0.5) is 22.7 Å². The highest BCUT2D eigenvalue weighted by Gasteiger charge is 2.70. The molecule has 6 aromatic rings. The number of hydrogen-bond acceptors (Lipinski definition) is 2. The maximum absolute atomic E-state index is 2.66. The van der Waals surface area contributed by atoms with Crippen molar-refractivity contribution < 1.29 is 0 Å². The van der Waals surface area contributed by atoms with E-state index in [-0.39, 0.29) is 16.5 Å². The molecule has 4 heterocycles. The van der Waals surface area contributed by atoms with E-state index in [1.165, 1.54) is 78.4 Å². The molecule has 0 N–H and O–H groups in total. The van der Waals surface area contributed by atoms with Crippen molar-refractivity contribution in [1.29, 1.82) is 0 Å². The Kier molecular flexibility index (Phi) is 3.67.